The van der Waals surface area contributed by atoms with Crippen LogP contribution in [0.25, 0.3) is 11.4 Å². The average molecular weight is 418 g/mol. The van der Waals surface area contributed by atoms with Crippen molar-refractivity contribution in [1.82, 2.24) is 15.5 Å². The molecular weight excluding hydrogens is 402 g/mol. The first-order chi connectivity index (χ1) is 12.6. The van der Waals surface area contributed by atoms with Gasteiger partial charge in [-0.3, -0.25) is 4.79 Å². The number of methoxy groups -OCH3 is 1. The Kier molecular flexibility index (Phi) is 5.85. The lowest BCUT2D eigenvalue weighted by Crippen LogP contribution is -2.28. The maximum Gasteiger partial charge on any atom is 0.258 e. The summed E-state index contributed by atoms with van der Waals surface area (Å²) in [7, 11) is 1.60. The number of nitrogens with one attached hydrogen (secondary N) is 1. The van der Waals surface area contributed by atoms with Gasteiger partial charge in [0.2, 0.25) is 11.7 Å². The molecule has 1 N–H and O–H groups in total. The van der Waals surface area contributed by atoms with Gasteiger partial charge in [-0.15, -0.1) is 0 Å². The van der Waals surface area contributed by atoms with Gasteiger partial charge in [-0.2, -0.15) is 4.98 Å². The predicted octanol–water partition coefficient (Wildman–Crippen LogP) is 3.20. The third-order valence-electron chi connectivity index (χ3n) is 3.44. The largest absolute Gasteiger partial charge is 0.497 e. The van der Waals surface area contributed by atoms with Crippen molar-refractivity contribution in [3.63, 3.8) is 0 Å². The molecule has 26 heavy (non-hydrogen) atoms. The van der Waals surface area contributed by atoms with Gasteiger partial charge in [0.25, 0.3) is 5.91 Å². The quantitative estimate of drug-likeness (QED) is 0.634. The molecule has 0 aliphatic rings. The molecular formula is C18H16BrN3O4. The first-order valence-electron chi connectivity index (χ1n) is 7.76. The van der Waals surface area contributed by atoms with E-state index in [1.807, 2.05) is 36.4 Å². The van der Waals surface area contributed by atoms with E-state index in [-0.39, 0.29) is 19.1 Å². The smallest absolute Gasteiger partial charge is 0.258 e. The molecule has 0 spiro atoms. The molecule has 0 bridgehead atoms. The summed E-state index contributed by atoms with van der Waals surface area (Å²) in [6.07, 6.45) is 0. The minimum Gasteiger partial charge on any atom is -0.497 e. The molecule has 0 saturated heterocycles. The molecule has 0 unspecified atom stereocenters. The fraction of sp³-hybridized carbons (Fsp3) is 0.167. The number of nitrogens with zero attached hydrogens (tertiary/aromatic N) is 2. The summed E-state index contributed by atoms with van der Waals surface area (Å²) in [5, 5.41) is 6.58. The Bertz CT molecular complexity index is 863. The van der Waals surface area contributed by atoms with Crippen molar-refractivity contribution in [3.05, 3.63) is 58.9 Å². The number of ether oxygens (including phenoxy) is 2. The van der Waals surface area contributed by atoms with Gasteiger partial charge in [0.1, 0.15) is 11.5 Å². The second kappa shape index (κ2) is 8.48. The summed E-state index contributed by atoms with van der Waals surface area (Å²) in [6, 6.07) is 14.5. The number of benzene rings is 2. The number of halogens is 1. The van der Waals surface area contributed by atoms with E-state index in [1.165, 1.54) is 0 Å². The Morgan fingerprint density at radius 1 is 1.12 bits per heavy atom. The van der Waals surface area contributed by atoms with E-state index >= 15 is 0 Å². The highest BCUT2D eigenvalue weighted by atomic mass is 79.9. The lowest BCUT2D eigenvalue weighted by atomic mass is 10.2. The first-order valence-corrected chi connectivity index (χ1v) is 8.55. The number of hydrogen-bond donors (Lipinski definition) is 1. The van der Waals surface area contributed by atoms with E-state index in [0.717, 1.165) is 15.8 Å². The lowest BCUT2D eigenvalue weighted by Gasteiger charge is -2.06. The van der Waals surface area contributed by atoms with Crippen LogP contribution in [0, 0.1) is 0 Å². The van der Waals surface area contributed by atoms with Crippen LogP contribution in [0.5, 0.6) is 11.5 Å². The Hall–Kier alpha value is -2.87. The number of carbonyl (C=O) groups excluding carboxylic acids is 1. The summed E-state index contributed by atoms with van der Waals surface area (Å²) in [4.78, 5) is 16.1. The van der Waals surface area contributed by atoms with E-state index in [1.54, 1.807) is 19.2 Å². The van der Waals surface area contributed by atoms with Crippen molar-refractivity contribution in [2.24, 2.45) is 0 Å². The molecule has 3 aromatic rings. The topological polar surface area (TPSA) is 86.5 Å². The van der Waals surface area contributed by atoms with Crippen molar-refractivity contribution in [1.29, 1.82) is 0 Å². The Labute approximate surface area is 158 Å². The SMILES string of the molecule is COc1ccc(-c2noc(CNC(=O)COc3ccc(Br)cc3)n2)cc1. The summed E-state index contributed by atoms with van der Waals surface area (Å²) >= 11 is 3.34. The third kappa shape index (κ3) is 4.82. The number of amides is 1. The molecule has 0 aliphatic carbocycles. The van der Waals surface area contributed by atoms with E-state index in [0.29, 0.717) is 17.5 Å². The van der Waals surface area contributed by atoms with Crippen LogP contribution in [-0.2, 0) is 11.3 Å². The molecule has 0 saturated carbocycles. The van der Waals surface area contributed by atoms with Crippen LogP contribution in [0.4, 0.5) is 0 Å². The Balaban J connectivity index is 1.49. The second-order valence-electron chi connectivity index (χ2n) is 5.26. The van der Waals surface area contributed by atoms with E-state index in [9.17, 15) is 4.79 Å². The van der Waals surface area contributed by atoms with Gasteiger partial charge < -0.3 is 19.3 Å². The van der Waals surface area contributed by atoms with Gasteiger partial charge in [-0.1, -0.05) is 21.1 Å². The van der Waals surface area contributed by atoms with Crippen molar-refractivity contribution in [2.75, 3.05) is 13.7 Å². The van der Waals surface area contributed by atoms with E-state index in [2.05, 4.69) is 31.4 Å². The molecule has 3 rings (SSSR count). The van der Waals surface area contributed by atoms with Crippen molar-refractivity contribution < 1.29 is 18.8 Å². The summed E-state index contributed by atoms with van der Waals surface area (Å²) in [5.74, 6) is 1.84. The van der Waals surface area contributed by atoms with Crippen LogP contribution in [0.3, 0.4) is 0 Å². The molecule has 1 aromatic heterocycles. The van der Waals surface area contributed by atoms with Gasteiger partial charge in [-0.25, -0.2) is 0 Å². The number of rotatable bonds is 7. The molecule has 2 aromatic carbocycles. The second-order valence-corrected chi connectivity index (χ2v) is 6.18. The van der Waals surface area contributed by atoms with E-state index < -0.39 is 0 Å². The van der Waals surface area contributed by atoms with Gasteiger partial charge in [0, 0.05) is 10.0 Å². The highest BCUT2D eigenvalue weighted by Crippen LogP contribution is 2.19. The summed E-state index contributed by atoms with van der Waals surface area (Å²) < 4.78 is 16.6. The van der Waals surface area contributed by atoms with Crippen molar-refractivity contribution >= 4 is 21.8 Å². The van der Waals surface area contributed by atoms with Crippen LogP contribution >= 0.6 is 15.9 Å². The Morgan fingerprint density at radius 2 is 1.81 bits per heavy atom. The number of aromatic nitrogens is 2. The zero-order chi connectivity index (χ0) is 18.4. The van der Waals surface area contributed by atoms with Gasteiger partial charge in [0.15, 0.2) is 6.61 Å². The summed E-state index contributed by atoms with van der Waals surface area (Å²) in [5.41, 5.74) is 0.797. The summed E-state index contributed by atoms with van der Waals surface area (Å²) in [6.45, 7) is 0.0345. The molecule has 1 amide bonds. The molecule has 134 valence electrons. The molecule has 0 atom stereocenters. The third-order valence-corrected chi connectivity index (χ3v) is 3.97. The monoisotopic (exact) mass is 417 g/mol. The fourth-order valence-electron chi connectivity index (χ4n) is 2.09. The van der Waals surface area contributed by atoms with Crippen molar-refractivity contribution in [3.8, 4) is 22.9 Å². The molecule has 0 radical (unpaired) electrons. The zero-order valence-electron chi connectivity index (χ0n) is 13.9. The standard InChI is InChI=1S/C18H16BrN3O4/c1-24-14-6-2-12(3-7-14)18-21-17(26-22-18)10-20-16(23)11-25-15-8-4-13(19)5-9-15/h2-9H,10-11H2,1H3,(H,20,23). The van der Waals surface area contributed by atoms with Gasteiger partial charge in [-0.05, 0) is 48.5 Å². The average Bonchev–Trinajstić information content (AvgIpc) is 3.15. The van der Waals surface area contributed by atoms with Crippen LogP contribution in [0.1, 0.15) is 5.89 Å². The maximum atomic E-state index is 11.9. The van der Waals surface area contributed by atoms with Gasteiger partial charge >= 0.3 is 0 Å². The fourth-order valence-corrected chi connectivity index (χ4v) is 2.35. The number of hydrogen-bond acceptors (Lipinski definition) is 6. The molecule has 7 nitrogen and oxygen atoms in total. The minimum absolute atomic E-state index is 0.0961. The maximum absolute atomic E-state index is 11.9. The predicted molar refractivity (Wildman–Crippen MR) is 97.8 cm³/mol. The Morgan fingerprint density at radius 3 is 2.50 bits per heavy atom. The highest BCUT2D eigenvalue weighted by Gasteiger charge is 2.10. The van der Waals surface area contributed by atoms with Crippen LogP contribution < -0.4 is 14.8 Å². The van der Waals surface area contributed by atoms with Crippen LogP contribution in [0.2, 0.25) is 0 Å². The minimum atomic E-state index is -0.280. The first kappa shape index (κ1) is 17.9. The molecule has 8 heteroatoms. The molecule has 0 aliphatic heterocycles. The molecule has 1 heterocycles. The van der Waals surface area contributed by atoms with Crippen LogP contribution in [0.15, 0.2) is 57.5 Å². The van der Waals surface area contributed by atoms with Crippen molar-refractivity contribution in [2.45, 2.75) is 6.54 Å². The van der Waals surface area contributed by atoms with Crippen LogP contribution in [-0.4, -0.2) is 29.8 Å². The normalized spacial score (nSPS) is 10.4. The highest BCUT2D eigenvalue weighted by molar-refractivity contribution is 9.10. The van der Waals surface area contributed by atoms with Gasteiger partial charge in [0.05, 0.1) is 13.7 Å². The zero-order valence-corrected chi connectivity index (χ0v) is 15.5. The lowest BCUT2D eigenvalue weighted by molar-refractivity contribution is -0.123. The molecule has 0 fully saturated rings. The van der Waals surface area contributed by atoms with E-state index in [4.69, 9.17) is 14.0 Å². The number of carbonyl (C=O) groups is 1.